The molecule has 1 saturated heterocycles. The fourth-order valence-corrected chi connectivity index (χ4v) is 3.37. The Balaban J connectivity index is 1.96. The molecule has 2 amide bonds. The van der Waals surface area contributed by atoms with E-state index in [-0.39, 0.29) is 23.9 Å². The van der Waals surface area contributed by atoms with Crippen LogP contribution in [-0.2, 0) is 9.59 Å². The number of carbonyl (C=O) groups is 2. The third-order valence-electron chi connectivity index (χ3n) is 4.44. The van der Waals surface area contributed by atoms with Gasteiger partial charge in [-0.15, -0.1) is 0 Å². The minimum Gasteiger partial charge on any atom is -0.303 e. The molecule has 0 bridgehead atoms. The highest BCUT2D eigenvalue weighted by Crippen LogP contribution is 2.28. The third kappa shape index (κ3) is 3.16. The van der Waals surface area contributed by atoms with Crippen LogP contribution >= 0.6 is 0 Å². The highest BCUT2D eigenvalue weighted by molar-refractivity contribution is 6.05. The lowest BCUT2D eigenvalue weighted by molar-refractivity contribution is -0.141. The average molecular weight is 266 g/mol. The van der Waals surface area contributed by atoms with Crippen LogP contribution in [-0.4, -0.2) is 34.8 Å². The zero-order valence-electron chi connectivity index (χ0n) is 12.2. The molecule has 2 rings (SSSR count). The standard InChI is InChI=1S/C15H26N2O2/c1-3-7-11(4-2)16-13-10-14(18)17(15(13)19)12-8-5-6-9-12/h11-13,16H,3-10H2,1-2H3. The number of likely N-dealkylation sites (tertiary alicyclic amines) is 1. The minimum absolute atomic E-state index is 0.0199. The lowest BCUT2D eigenvalue weighted by atomic mass is 10.1. The van der Waals surface area contributed by atoms with Crippen LogP contribution in [0.2, 0.25) is 0 Å². The summed E-state index contributed by atoms with van der Waals surface area (Å²) in [6.45, 7) is 4.28. The fourth-order valence-electron chi connectivity index (χ4n) is 3.37. The Hall–Kier alpha value is -0.900. The molecule has 1 saturated carbocycles. The quantitative estimate of drug-likeness (QED) is 0.750. The molecule has 19 heavy (non-hydrogen) atoms. The Bertz CT molecular complexity index is 337. The largest absolute Gasteiger partial charge is 0.303 e. The van der Waals surface area contributed by atoms with E-state index < -0.39 is 0 Å². The van der Waals surface area contributed by atoms with Gasteiger partial charge in [0.15, 0.2) is 0 Å². The van der Waals surface area contributed by atoms with Gasteiger partial charge in [0.2, 0.25) is 11.8 Å². The van der Waals surface area contributed by atoms with Gasteiger partial charge in [-0.05, 0) is 25.7 Å². The van der Waals surface area contributed by atoms with Crippen LogP contribution in [0.4, 0.5) is 0 Å². The van der Waals surface area contributed by atoms with Crippen LogP contribution in [0, 0.1) is 0 Å². The molecule has 4 heteroatoms. The van der Waals surface area contributed by atoms with Crippen molar-refractivity contribution in [3.8, 4) is 0 Å². The zero-order chi connectivity index (χ0) is 13.8. The first kappa shape index (κ1) is 14.5. The maximum atomic E-state index is 12.4. The summed E-state index contributed by atoms with van der Waals surface area (Å²) in [5, 5.41) is 3.39. The number of nitrogens with zero attached hydrogens (tertiary/aromatic N) is 1. The van der Waals surface area contributed by atoms with Gasteiger partial charge >= 0.3 is 0 Å². The molecule has 2 fully saturated rings. The highest BCUT2D eigenvalue weighted by atomic mass is 16.2. The third-order valence-corrected chi connectivity index (χ3v) is 4.44. The summed E-state index contributed by atoms with van der Waals surface area (Å²) in [7, 11) is 0. The Morgan fingerprint density at radius 2 is 1.95 bits per heavy atom. The van der Waals surface area contributed by atoms with E-state index in [0.29, 0.717) is 12.5 Å². The summed E-state index contributed by atoms with van der Waals surface area (Å²) in [5.41, 5.74) is 0. The first-order valence-electron chi connectivity index (χ1n) is 7.79. The smallest absolute Gasteiger partial charge is 0.247 e. The summed E-state index contributed by atoms with van der Waals surface area (Å²) in [5.74, 6) is 0.0483. The number of nitrogens with one attached hydrogen (secondary N) is 1. The van der Waals surface area contributed by atoms with Gasteiger partial charge in [-0.2, -0.15) is 0 Å². The van der Waals surface area contributed by atoms with E-state index in [1.54, 1.807) is 4.90 Å². The second kappa shape index (κ2) is 6.51. The van der Waals surface area contributed by atoms with Crippen LogP contribution in [0.5, 0.6) is 0 Å². The average Bonchev–Trinajstić information content (AvgIpc) is 2.98. The van der Waals surface area contributed by atoms with Crippen LogP contribution < -0.4 is 5.32 Å². The molecule has 1 aliphatic heterocycles. The van der Waals surface area contributed by atoms with Crippen molar-refractivity contribution in [2.75, 3.05) is 0 Å². The van der Waals surface area contributed by atoms with E-state index in [4.69, 9.17) is 0 Å². The molecule has 0 aromatic carbocycles. The number of imide groups is 1. The second-order valence-corrected chi connectivity index (χ2v) is 5.86. The molecule has 0 aromatic heterocycles. The molecule has 0 aromatic rings. The molecule has 108 valence electrons. The normalized spacial score (nSPS) is 26.4. The van der Waals surface area contributed by atoms with E-state index in [1.807, 2.05) is 0 Å². The first-order chi connectivity index (χ1) is 9.17. The SMILES string of the molecule is CCCC(CC)NC1CC(=O)N(C2CCCC2)C1=O. The van der Waals surface area contributed by atoms with E-state index in [2.05, 4.69) is 19.2 Å². The topological polar surface area (TPSA) is 49.4 Å². The predicted octanol–water partition coefficient (Wildman–Crippen LogP) is 2.22. The van der Waals surface area contributed by atoms with Crippen molar-refractivity contribution in [3.05, 3.63) is 0 Å². The maximum Gasteiger partial charge on any atom is 0.247 e. The maximum absolute atomic E-state index is 12.4. The van der Waals surface area contributed by atoms with E-state index >= 15 is 0 Å². The molecule has 1 heterocycles. The van der Waals surface area contributed by atoms with Crippen molar-refractivity contribution in [3.63, 3.8) is 0 Å². The predicted molar refractivity (Wildman–Crippen MR) is 74.6 cm³/mol. The van der Waals surface area contributed by atoms with Crippen molar-refractivity contribution < 1.29 is 9.59 Å². The monoisotopic (exact) mass is 266 g/mol. The van der Waals surface area contributed by atoms with Gasteiger partial charge in [-0.3, -0.25) is 14.5 Å². The molecule has 0 radical (unpaired) electrons. The van der Waals surface area contributed by atoms with Crippen molar-refractivity contribution in [1.29, 1.82) is 0 Å². The highest BCUT2D eigenvalue weighted by Gasteiger charge is 2.43. The summed E-state index contributed by atoms with van der Waals surface area (Å²) < 4.78 is 0. The summed E-state index contributed by atoms with van der Waals surface area (Å²) in [4.78, 5) is 26.0. The van der Waals surface area contributed by atoms with Gasteiger partial charge in [0.1, 0.15) is 0 Å². The van der Waals surface area contributed by atoms with Crippen molar-refractivity contribution >= 4 is 11.8 Å². The van der Waals surface area contributed by atoms with Crippen LogP contribution in [0.15, 0.2) is 0 Å². The van der Waals surface area contributed by atoms with Gasteiger partial charge in [-0.1, -0.05) is 33.1 Å². The van der Waals surface area contributed by atoms with E-state index in [0.717, 1.165) is 44.9 Å². The molecular formula is C15H26N2O2. The Morgan fingerprint density at radius 1 is 1.26 bits per heavy atom. The van der Waals surface area contributed by atoms with Crippen molar-refractivity contribution in [2.24, 2.45) is 0 Å². The summed E-state index contributed by atoms with van der Waals surface area (Å²) in [6, 6.07) is 0.262. The number of amides is 2. The lowest BCUT2D eigenvalue weighted by Crippen LogP contribution is -2.45. The molecule has 4 nitrogen and oxygen atoms in total. The molecule has 2 unspecified atom stereocenters. The first-order valence-corrected chi connectivity index (χ1v) is 7.79. The lowest BCUT2D eigenvalue weighted by Gasteiger charge is -2.24. The zero-order valence-corrected chi connectivity index (χ0v) is 12.2. The molecule has 1 N–H and O–H groups in total. The number of rotatable bonds is 6. The summed E-state index contributed by atoms with van der Waals surface area (Å²) >= 11 is 0. The number of carbonyl (C=O) groups excluding carboxylic acids is 2. The molecule has 1 aliphatic carbocycles. The van der Waals surface area contributed by atoms with Crippen LogP contribution in [0.25, 0.3) is 0 Å². The van der Waals surface area contributed by atoms with Crippen molar-refractivity contribution in [2.45, 2.75) is 83.3 Å². The van der Waals surface area contributed by atoms with Crippen LogP contribution in [0.3, 0.4) is 0 Å². The number of hydrogen-bond acceptors (Lipinski definition) is 3. The number of hydrogen-bond donors (Lipinski definition) is 1. The Kier molecular flexibility index (Phi) is 4.97. The van der Waals surface area contributed by atoms with Crippen LogP contribution in [0.1, 0.15) is 65.2 Å². The van der Waals surface area contributed by atoms with Gasteiger partial charge in [0.05, 0.1) is 12.5 Å². The Labute approximate surface area is 115 Å². The second-order valence-electron chi connectivity index (χ2n) is 5.86. The van der Waals surface area contributed by atoms with E-state index in [1.165, 1.54) is 0 Å². The summed E-state index contributed by atoms with van der Waals surface area (Å²) in [6.07, 6.45) is 7.82. The molecule has 2 aliphatic rings. The minimum atomic E-state index is -0.274. The van der Waals surface area contributed by atoms with Gasteiger partial charge in [0.25, 0.3) is 0 Å². The van der Waals surface area contributed by atoms with Crippen molar-refractivity contribution in [1.82, 2.24) is 10.2 Å². The fraction of sp³-hybridized carbons (Fsp3) is 0.867. The molecule has 2 atom stereocenters. The Morgan fingerprint density at radius 3 is 2.53 bits per heavy atom. The molecule has 0 spiro atoms. The van der Waals surface area contributed by atoms with E-state index in [9.17, 15) is 9.59 Å². The molecular weight excluding hydrogens is 240 g/mol. The van der Waals surface area contributed by atoms with Gasteiger partial charge < -0.3 is 5.32 Å². The van der Waals surface area contributed by atoms with Gasteiger partial charge in [0, 0.05) is 12.1 Å². The van der Waals surface area contributed by atoms with Gasteiger partial charge in [-0.25, -0.2) is 0 Å².